The van der Waals surface area contributed by atoms with Gasteiger partial charge in [0.2, 0.25) is 0 Å². The van der Waals surface area contributed by atoms with Crippen LogP contribution in [0.15, 0.2) is 68.6 Å². The average Bonchev–Trinajstić information content (AvgIpc) is 2.76. The van der Waals surface area contributed by atoms with Gasteiger partial charge in [0.15, 0.2) is 0 Å². The molecule has 0 aliphatic rings. The van der Waals surface area contributed by atoms with Gasteiger partial charge < -0.3 is 10.4 Å². The Balaban J connectivity index is 1.97. The molecular weight excluding hydrogens is 380 g/mol. The van der Waals surface area contributed by atoms with E-state index < -0.39 is 0 Å². The summed E-state index contributed by atoms with van der Waals surface area (Å²) in [7, 11) is 0. The topological polar surface area (TPSA) is 65.2 Å². The van der Waals surface area contributed by atoms with E-state index in [1.54, 1.807) is 11.8 Å². The van der Waals surface area contributed by atoms with Gasteiger partial charge in [0.05, 0.1) is 11.4 Å². The summed E-state index contributed by atoms with van der Waals surface area (Å²) >= 11 is 1.68. The summed E-state index contributed by atoms with van der Waals surface area (Å²) < 4.78 is 0. The lowest BCUT2D eigenvalue weighted by Gasteiger charge is -2.08. The van der Waals surface area contributed by atoms with Gasteiger partial charge in [-0.1, -0.05) is 85.9 Å². The molecule has 29 heavy (non-hydrogen) atoms. The van der Waals surface area contributed by atoms with E-state index in [2.05, 4.69) is 48.4 Å². The fourth-order valence-electron chi connectivity index (χ4n) is 3.16. The first-order valence-corrected chi connectivity index (χ1v) is 11.3. The van der Waals surface area contributed by atoms with Gasteiger partial charge in [0.1, 0.15) is 0 Å². The molecule has 0 spiro atoms. The first-order valence-electron chi connectivity index (χ1n) is 10.5. The minimum atomic E-state index is 0.748. The third-order valence-corrected chi connectivity index (χ3v) is 5.90. The zero-order valence-corrected chi connectivity index (χ0v) is 18.3. The lowest BCUT2D eigenvalue weighted by Crippen LogP contribution is -2.01. The SMILES string of the molecule is CCCCC/C(=N/O)c1ccc(Sc2ccc(/C(CCCCC)=N\O)cc2)cc1. The third-order valence-electron chi connectivity index (χ3n) is 4.89. The minimum absolute atomic E-state index is 0.748. The smallest absolute Gasteiger partial charge is 0.0867 e. The Morgan fingerprint density at radius 1 is 0.655 bits per heavy atom. The van der Waals surface area contributed by atoms with Crippen molar-refractivity contribution < 1.29 is 10.4 Å². The molecule has 0 aromatic heterocycles. The highest BCUT2D eigenvalue weighted by molar-refractivity contribution is 7.99. The molecule has 0 radical (unpaired) electrons. The molecule has 5 heteroatoms. The zero-order chi connectivity index (χ0) is 20.9. The number of unbranched alkanes of at least 4 members (excludes halogenated alkanes) is 4. The fraction of sp³-hybridized carbons (Fsp3) is 0.417. The first-order chi connectivity index (χ1) is 14.2. The summed E-state index contributed by atoms with van der Waals surface area (Å²) in [5, 5.41) is 25.6. The van der Waals surface area contributed by atoms with E-state index in [0.717, 1.165) is 83.7 Å². The monoisotopic (exact) mass is 412 g/mol. The van der Waals surface area contributed by atoms with E-state index >= 15 is 0 Å². The van der Waals surface area contributed by atoms with Crippen molar-refractivity contribution in [2.24, 2.45) is 10.3 Å². The normalized spacial score (nSPS) is 12.3. The van der Waals surface area contributed by atoms with Crippen molar-refractivity contribution in [2.75, 3.05) is 0 Å². The molecule has 0 aliphatic heterocycles. The number of benzene rings is 2. The predicted molar refractivity (Wildman–Crippen MR) is 122 cm³/mol. The number of nitrogens with zero attached hydrogens (tertiary/aromatic N) is 2. The molecule has 0 unspecified atom stereocenters. The van der Waals surface area contributed by atoms with Crippen LogP contribution in [-0.2, 0) is 0 Å². The fourth-order valence-corrected chi connectivity index (χ4v) is 3.97. The van der Waals surface area contributed by atoms with Crippen LogP contribution in [0.4, 0.5) is 0 Å². The van der Waals surface area contributed by atoms with Crippen LogP contribution in [0.5, 0.6) is 0 Å². The highest BCUT2D eigenvalue weighted by Gasteiger charge is 2.07. The van der Waals surface area contributed by atoms with Crippen molar-refractivity contribution in [3.05, 3.63) is 59.7 Å². The molecule has 156 valence electrons. The highest BCUT2D eigenvalue weighted by Crippen LogP contribution is 2.28. The molecule has 2 aromatic rings. The van der Waals surface area contributed by atoms with Crippen LogP contribution in [0.1, 0.15) is 76.3 Å². The third kappa shape index (κ3) is 7.58. The zero-order valence-electron chi connectivity index (χ0n) is 17.5. The highest BCUT2D eigenvalue weighted by atomic mass is 32.2. The molecular formula is C24H32N2O2S. The molecule has 0 amide bonds. The maximum absolute atomic E-state index is 9.30. The van der Waals surface area contributed by atoms with Crippen LogP contribution in [0, 0.1) is 0 Å². The minimum Gasteiger partial charge on any atom is -0.411 e. The van der Waals surface area contributed by atoms with Gasteiger partial charge >= 0.3 is 0 Å². The maximum atomic E-state index is 9.30. The second-order valence-electron chi connectivity index (χ2n) is 7.16. The Hall–Kier alpha value is -2.27. The molecule has 0 saturated heterocycles. The van der Waals surface area contributed by atoms with Gasteiger partial charge in [0.25, 0.3) is 0 Å². The lowest BCUT2D eigenvalue weighted by atomic mass is 10.0. The van der Waals surface area contributed by atoms with E-state index in [9.17, 15) is 10.4 Å². The Morgan fingerprint density at radius 2 is 1.03 bits per heavy atom. The Kier molecular flexibility index (Phi) is 10.4. The molecule has 2 aromatic carbocycles. The average molecular weight is 413 g/mol. The van der Waals surface area contributed by atoms with Crippen LogP contribution < -0.4 is 0 Å². The maximum Gasteiger partial charge on any atom is 0.0867 e. The van der Waals surface area contributed by atoms with Gasteiger partial charge in [0, 0.05) is 9.79 Å². The number of hydrogen-bond donors (Lipinski definition) is 2. The summed E-state index contributed by atoms with van der Waals surface area (Å²) in [5.74, 6) is 0. The van der Waals surface area contributed by atoms with Crippen LogP contribution in [-0.4, -0.2) is 21.8 Å². The lowest BCUT2D eigenvalue weighted by molar-refractivity contribution is 0.317. The van der Waals surface area contributed by atoms with E-state index in [4.69, 9.17) is 0 Å². The molecule has 0 saturated carbocycles. The molecule has 0 bridgehead atoms. The van der Waals surface area contributed by atoms with Crippen molar-refractivity contribution in [2.45, 2.75) is 75.0 Å². The number of oxime groups is 2. The Morgan fingerprint density at radius 3 is 1.34 bits per heavy atom. The second-order valence-corrected chi connectivity index (χ2v) is 8.31. The summed E-state index contributed by atoms with van der Waals surface area (Å²) in [6.45, 7) is 4.33. The van der Waals surface area contributed by atoms with E-state index in [1.807, 2.05) is 24.3 Å². The first kappa shape index (κ1) is 23.0. The number of hydrogen-bond acceptors (Lipinski definition) is 5. The van der Waals surface area contributed by atoms with Crippen LogP contribution in [0.3, 0.4) is 0 Å². The van der Waals surface area contributed by atoms with Crippen molar-refractivity contribution in [1.29, 1.82) is 0 Å². The summed E-state index contributed by atoms with van der Waals surface area (Å²) in [6, 6.07) is 16.3. The molecule has 2 rings (SSSR count). The van der Waals surface area contributed by atoms with E-state index in [0.29, 0.717) is 0 Å². The largest absolute Gasteiger partial charge is 0.411 e. The molecule has 0 aliphatic carbocycles. The van der Waals surface area contributed by atoms with Crippen molar-refractivity contribution in [3.63, 3.8) is 0 Å². The van der Waals surface area contributed by atoms with Gasteiger partial charge in [-0.2, -0.15) is 0 Å². The molecule has 0 heterocycles. The predicted octanol–water partition coefficient (Wildman–Crippen LogP) is 7.36. The van der Waals surface area contributed by atoms with Gasteiger partial charge in [-0.3, -0.25) is 0 Å². The second kappa shape index (κ2) is 13.0. The van der Waals surface area contributed by atoms with E-state index in [1.165, 1.54) is 0 Å². The van der Waals surface area contributed by atoms with Gasteiger partial charge in [-0.25, -0.2) is 0 Å². The van der Waals surface area contributed by atoms with Crippen molar-refractivity contribution in [3.8, 4) is 0 Å². The van der Waals surface area contributed by atoms with E-state index in [-0.39, 0.29) is 0 Å². The summed E-state index contributed by atoms with van der Waals surface area (Å²) in [5.41, 5.74) is 3.44. The van der Waals surface area contributed by atoms with Crippen molar-refractivity contribution >= 4 is 23.2 Å². The Bertz CT molecular complexity index is 716. The quantitative estimate of drug-likeness (QED) is 0.166. The summed E-state index contributed by atoms with van der Waals surface area (Å²) in [6.07, 6.45) is 8.26. The van der Waals surface area contributed by atoms with Crippen LogP contribution in [0.2, 0.25) is 0 Å². The summed E-state index contributed by atoms with van der Waals surface area (Å²) in [4.78, 5) is 2.26. The van der Waals surface area contributed by atoms with Crippen LogP contribution >= 0.6 is 11.8 Å². The van der Waals surface area contributed by atoms with Crippen LogP contribution in [0.25, 0.3) is 0 Å². The number of rotatable bonds is 12. The molecule has 0 fully saturated rings. The van der Waals surface area contributed by atoms with Gasteiger partial charge in [-0.15, -0.1) is 0 Å². The molecule has 2 N–H and O–H groups in total. The standard InChI is InChI=1S/C24H32N2O2S/c1-3-5-7-9-23(25-27)19-11-15-21(16-12-19)29-22-17-13-20(14-18-22)24(26-28)10-8-6-4-2/h11-18,27-28H,3-10H2,1-2H3/b25-23-,26-24-. The van der Waals surface area contributed by atoms with Crippen molar-refractivity contribution in [1.82, 2.24) is 0 Å². The molecule has 4 nitrogen and oxygen atoms in total. The Labute approximate surface area is 178 Å². The van der Waals surface area contributed by atoms with Gasteiger partial charge in [-0.05, 0) is 61.1 Å². The molecule has 0 atom stereocenters.